The van der Waals surface area contributed by atoms with E-state index in [0.29, 0.717) is 6.61 Å². The third kappa shape index (κ3) is 4.42. The molecule has 3 atom stereocenters. The molecule has 0 aromatic heterocycles. The van der Waals surface area contributed by atoms with Crippen LogP contribution in [0.25, 0.3) is 0 Å². The minimum absolute atomic E-state index is 0.128. The van der Waals surface area contributed by atoms with Crippen molar-refractivity contribution >= 4 is 8.32 Å². The second kappa shape index (κ2) is 6.65. The first kappa shape index (κ1) is 18.6. The summed E-state index contributed by atoms with van der Waals surface area (Å²) in [5.41, 5.74) is -0.0893. The quantitative estimate of drug-likeness (QED) is 0.847. The van der Waals surface area contributed by atoms with E-state index in [1.165, 1.54) is 0 Å². The second-order valence-corrected chi connectivity index (χ2v) is 12.9. The molecule has 5 heteroatoms. The Hall–Kier alpha value is -0.723. The summed E-state index contributed by atoms with van der Waals surface area (Å²) in [6.07, 6.45) is -0.861. The molecule has 4 nitrogen and oxygen atoms in total. The van der Waals surface area contributed by atoms with Gasteiger partial charge in [-0.25, -0.2) is 0 Å². The van der Waals surface area contributed by atoms with Crippen molar-refractivity contribution in [3.8, 4) is 0 Å². The fourth-order valence-corrected chi connectivity index (χ4v) is 3.18. The highest BCUT2D eigenvalue weighted by atomic mass is 28.4. The second-order valence-electron chi connectivity index (χ2n) is 8.11. The van der Waals surface area contributed by atoms with Gasteiger partial charge in [0, 0.05) is 5.56 Å². The third-order valence-corrected chi connectivity index (χ3v) is 9.48. The van der Waals surface area contributed by atoms with Gasteiger partial charge in [-0.1, -0.05) is 51.1 Å². The van der Waals surface area contributed by atoms with Crippen LogP contribution in [0.1, 0.15) is 39.5 Å². The van der Waals surface area contributed by atoms with Gasteiger partial charge in [0.2, 0.25) is 0 Å². The average molecular weight is 339 g/mol. The van der Waals surface area contributed by atoms with Crippen molar-refractivity contribution in [2.24, 2.45) is 0 Å². The number of aliphatic hydroxyl groups is 1. The summed E-state index contributed by atoms with van der Waals surface area (Å²) in [5, 5.41) is 10.7. The fraction of sp³-hybridized carbons (Fsp3) is 0.667. The van der Waals surface area contributed by atoms with E-state index in [4.69, 9.17) is 13.9 Å². The molecular weight excluding hydrogens is 308 g/mol. The molecule has 0 aliphatic carbocycles. The van der Waals surface area contributed by atoms with Gasteiger partial charge in [0.25, 0.3) is 0 Å². The van der Waals surface area contributed by atoms with Crippen LogP contribution >= 0.6 is 0 Å². The van der Waals surface area contributed by atoms with Crippen molar-refractivity contribution in [3.05, 3.63) is 35.9 Å². The average Bonchev–Trinajstić information content (AvgIpc) is 2.45. The molecule has 23 heavy (non-hydrogen) atoms. The first-order valence-electron chi connectivity index (χ1n) is 8.21. The molecule has 0 radical (unpaired) electrons. The zero-order valence-electron chi connectivity index (χ0n) is 15.1. The van der Waals surface area contributed by atoms with E-state index in [2.05, 4.69) is 33.9 Å². The van der Waals surface area contributed by atoms with Crippen LogP contribution in [0, 0.1) is 0 Å². The van der Waals surface area contributed by atoms with E-state index in [1.807, 2.05) is 30.3 Å². The summed E-state index contributed by atoms with van der Waals surface area (Å²) in [6.45, 7) is 13.4. The smallest absolute Gasteiger partial charge is 0.192 e. The van der Waals surface area contributed by atoms with Crippen molar-refractivity contribution in [3.63, 3.8) is 0 Å². The number of hydrogen-bond acceptors (Lipinski definition) is 4. The van der Waals surface area contributed by atoms with E-state index in [1.54, 1.807) is 6.92 Å². The molecule has 1 saturated heterocycles. The predicted molar refractivity (Wildman–Crippen MR) is 93.8 cm³/mol. The molecule has 1 fully saturated rings. The van der Waals surface area contributed by atoms with Crippen LogP contribution < -0.4 is 0 Å². The molecular formula is C18H30O4Si. The molecule has 0 spiro atoms. The van der Waals surface area contributed by atoms with Crippen molar-refractivity contribution in [2.75, 3.05) is 13.2 Å². The van der Waals surface area contributed by atoms with Crippen molar-refractivity contribution in [1.82, 2.24) is 0 Å². The maximum absolute atomic E-state index is 10.6. The van der Waals surface area contributed by atoms with Crippen LogP contribution in [-0.2, 0) is 13.9 Å². The monoisotopic (exact) mass is 338 g/mol. The van der Waals surface area contributed by atoms with Gasteiger partial charge in [-0.05, 0) is 25.1 Å². The molecule has 0 amide bonds. The van der Waals surface area contributed by atoms with Crippen LogP contribution in [0.15, 0.2) is 30.3 Å². The van der Waals surface area contributed by atoms with E-state index in [9.17, 15) is 5.11 Å². The van der Waals surface area contributed by atoms with E-state index < -0.39 is 26.3 Å². The Morgan fingerprint density at radius 2 is 1.87 bits per heavy atom. The van der Waals surface area contributed by atoms with Crippen molar-refractivity contribution < 1.29 is 19.0 Å². The minimum Gasteiger partial charge on any atom is -0.414 e. The van der Waals surface area contributed by atoms with E-state index in [0.717, 1.165) is 5.56 Å². The van der Waals surface area contributed by atoms with Crippen LogP contribution in [0.4, 0.5) is 0 Å². The molecule has 1 N–H and O–H groups in total. The summed E-state index contributed by atoms with van der Waals surface area (Å²) in [5.74, 6) is 0. The number of ether oxygens (including phenoxy) is 2. The van der Waals surface area contributed by atoms with Crippen LogP contribution in [0.2, 0.25) is 18.1 Å². The highest BCUT2D eigenvalue weighted by molar-refractivity contribution is 6.74. The molecule has 1 aromatic rings. The van der Waals surface area contributed by atoms with Crippen LogP contribution in [0.3, 0.4) is 0 Å². The van der Waals surface area contributed by atoms with Gasteiger partial charge in [0.05, 0.1) is 13.2 Å². The maximum Gasteiger partial charge on any atom is 0.192 e. The molecule has 2 rings (SSSR count). The Morgan fingerprint density at radius 1 is 1.26 bits per heavy atom. The lowest BCUT2D eigenvalue weighted by Crippen LogP contribution is -2.54. The first-order chi connectivity index (χ1) is 10.5. The zero-order chi connectivity index (χ0) is 17.3. The van der Waals surface area contributed by atoms with Gasteiger partial charge < -0.3 is 19.0 Å². The lowest BCUT2D eigenvalue weighted by Gasteiger charge is -2.43. The normalized spacial score (nSPS) is 29.5. The Balaban J connectivity index is 2.06. The summed E-state index contributed by atoms with van der Waals surface area (Å²) >= 11 is 0. The largest absolute Gasteiger partial charge is 0.414 e. The maximum atomic E-state index is 10.6. The Labute approximate surface area is 140 Å². The zero-order valence-corrected chi connectivity index (χ0v) is 16.1. The van der Waals surface area contributed by atoms with Gasteiger partial charge in [-0.3, -0.25) is 0 Å². The Kier molecular flexibility index (Phi) is 5.38. The molecule has 1 aromatic carbocycles. The lowest BCUT2D eigenvalue weighted by atomic mass is 9.99. The van der Waals surface area contributed by atoms with Crippen LogP contribution in [0.5, 0.6) is 0 Å². The number of hydrogen-bond donors (Lipinski definition) is 1. The Bertz CT molecular complexity index is 508. The molecule has 0 saturated carbocycles. The minimum atomic E-state index is -1.88. The summed E-state index contributed by atoms with van der Waals surface area (Å²) < 4.78 is 18.0. The van der Waals surface area contributed by atoms with Crippen LogP contribution in [-0.4, -0.2) is 38.3 Å². The molecule has 1 heterocycles. The van der Waals surface area contributed by atoms with Gasteiger partial charge in [-0.15, -0.1) is 0 Å². The summed E-state index contributed by atoms with van der Waals surface area (Å²) in [7, 11) is -1.88. The predicted octanol–water partition coefficient (Wildman–Crippen LogP) is 3.87. The SMILES string of the molecule is CC(C)(C)[Si](C)(C)OC[C@H]1O[C@@H](c2ccccc2)OC[C@]1(C)O. The van der Waals surface area contributed by atoms with Gasteiger partial charge in [0.1, 0.15) is 11.7 Å². The molecule has 1 aliphatic rings. The molecule has 0 bridgehead atoms. The highest BCUT2D eigenvalue weighted by Crippen LogP contribution is 2.38. The summed E-state index contributed by atoms with van der Waals surface area (Å²) in [6, 6.07) is 9.80. The number of rotatable bonds is 4. The third-order valence-electron chi connectivity index (χ3n) is 4.98. The van der Waals surface area contributed by atoms with Crippen molar-refractivity contribution in [2.45, 2.75) is 63.8 Å². The number of benzene rings is 1. The van der Waals surface area contributed by atoms with Gasteiger partial charge in [0.15, 0.2) is 14.6 Å². The molecule has 0 unspecified atom stereocenters. The Morgan fingerprint density at radius 3 is 2.43 bits per heavy atom. The van der Waals surface area contributed by atoms with E-state index in [-0.39, 0.29) is 11.6 Å². The lowest BCUT2D eigenvalue weighted by molar-refractivity contribution is -0.293. The standard InChI is InChI=1S/C18H30O4Si/c1-17(2,3)23(5,6)21-12-15-18(4,19)13-20-16(22-15)14-10-8-7-9-11-14/h7-11,15-16,19H,12-13H2,1-6H3/t15-,16+,18+/m1/s1. The van der Waals surface area contributed by atoms with E-state index >= 15 is 0 Å². The fourth-order valence-electron chi connectivity index (χ4n) is 2.18. The summed E-state index contributed by atoms with van der Waals surface area (Å²) in [4.78, 5) is 0. The first-order valence-corrected chi connectivity index (χ1v) is 11.1. The topological polar surface area (TPSA) is 47.9 Å². The van der Waals surface area contributed by atoms with Gasteiger partial charge >= 0.3 is 0 Å². The molecule has 1 aliphatic heterocycles. The highest BCUT2D eigenvalue weighted by Gasteiger charge is 2.44. The van der Waals surface area contributed by atoms with Crippen molar-refractivity contribution in [1.29, 1.82) is 0 Å². The van der Waals surface area contributed by atoms with Gasteiger partial charge in [-0.2, -0.15) is 0 Å². The molecule has 130 valence electrons.